The van der Waals surface area contributed by atoms with Gasteiger partial charge in [0.05, 0.1) is 23.6 Å². The SMILES string of the molecule is CCOC(=O)c1cc(Br)ccc1N1CC(CS(=O)(=O)Cl)CC1=O. The first-order chi connectivity index (χ1) is 10.7. The lowest BCUT2D eigenvalue weighted by Crippen LogP contribution is -2.27. The molecule has 0 radical (unpaired) electrons. The van der Waals surface area contributed by atoms with Crippen LogP contribution in [0.4, 0.5) is 5.69 Å². The fourth-order valence-corrected chi connectivity index (χ4v) is 4.21. The predicted octanol–water partition coefficient (Wildman–Crippen LogP) is 2.55. The number of benzene rings is 1. The first kappa shape index (κ1) is 18.2. The Morgan fingerprint density at radius 1 is 1.48 bits per heavy atom. The highest BCUT2D eigenvalue weighted by atomic mass is 79.9. The van der Waals surface area contributed by atoms with Gasteiger partial charge in [-0.25, -0.2) is 13.2 Å². The van der Waals surface area contributed by atoms with Crippen LogP contribution < -0.4 is 4.90 Å². The van der Waals surface area contributed by atoms with Crippen LogP contribution in [0.3, 0.4) is 0 Å². The molecule has 0 spiro atoms. The van der Waals surface area contributed by atoms with E-state index < -0.39 is 20.9 Å². The molecule has 1 aliphatic rings. The van der Waals surface area contributed by atoms with Gasteiger partial charge in [0.25, 0.3) is 0 Å². The van der Waals surface area contributed by atoms with E-state index in [0.717, 1.165) is 0 Å². The molecule has 1 heterocycles. The molecule has 1 unspecified atom stereocenters. The van der Waals surface area contributed by atoms with E-state index in [2.05, 4.69) is 15.9 Å². The van der Waals surface area contributed by atoms with Crippen molar-refractivity contribution in [2.75, 3.05) is 23.8 Å². The molecule has 0 bridgehead atoms. The van der Waals surface area contributed by atoms with Crippen molar-refractivity contribution >= 4 is 53.2 Å². The summed E-state index contributed by atoms with van der Waals surface area (Å²) in [5, 5.41) is 0. The molecule has 9 heteroatoms. The molecule has 23 heavy (non-hydrogen) atoms. The first-order valence-corrected chi connectivity index (χ1v) is 10.2. The topological polar surface area (TPSA) is 80.8 Å². The molecule has 1 amide bonds. The Labute approximate surface area is 147 Å². The fraction of sp³-hybridized carbons (Fsp3) is 0.429. The van der Waals surface area contributed by atoms with E-state index in [4.69, 9.17) is 15.4 Å². The highest BCUT2D eigenvalue weighted by Crippen LogP contribution is 2.31. The molecular formula is C14H15BrClNO5S. The number of carbonyl (C=O) groups excluding carboxylic acids is 2. The van der Waals surface area contributed by atoms with Crippen LogP contribution in [0.5, 0.6) is 0 Å². The minimum Gasteiger partial charge on any atom is -0.462 e. The summed E-state index contributed by atoms with van der Waals surface area (Å²) in [6.07, 6.45) is 0.0737. The smallest absolute Gasteiger partial charge is 0.340 e. The lowest BCUT2D eigenvalue weighted by Gasteiger charge is -2.20. The van der Waals surface area contributed by atoms with E-state index in [1.54, 1.807) is 25.1 Å². The third kappa shape index (κ3) is 4.68. The largest absolute Gasteiger partial charge is 0.462 e. The number of hydrogen-bond acceptors (Lipinski definition) is 5. The number of hydrogen-bond donors (Lipinski definition) is 0. The van der Waals surface area contributed by atoms with Gasteiger partial charge in [0.1, 0.15) is 0 Å². The van der Waals surface area contributed by atoms with Crippen LogP contribution in [0.25, 0.3) is 0 Å². The fourth-order valence-electron chi connectivity index (χ4n) is 2.52. The maximum Gasteiger partial charge on any atom is 0.340 e. The van der Waals surface area contributed by atoms with Gasteiger partial charge in [-0.05, 0) is 25.1 Å². The third-order valence-corrected chi connectivity index (χ3v) is 5.13. The van der Waals surface area contributed by atoms with E-state index in [1.807, 2.05) is 0 Å². The monoisotopic (exact) mass is 423 g/mol. The van der Waals surface area contributed by atoms with Gasteiger partial charge in [-0.1, -0.05) is 15.9 Å². The van der Waals surface area contributed by atoms with Gasteiger partial charge in [0.2, 0.25) is 15.0 Å². The molecule has 1 aliphatic heterocycles. The maximum atomic E-state index is 12.2. The van der Waals surface area contributed by atoms with Gasteiger partial charge < -0.3 is 9.64 Å². The number of carbonyl (C=O) groups is 2. The second-order valence-electron chi connectivity index (χ2n) is 5.16. The number of rotatable bonds is 5. The van der Waals surface area contributed by atoms with Gasteiger partial charge in [-0.3, -0.25) is 4.79 Å². The highest BCUT2D eigenvalue weighted by Gasteiger charge is 2.35. The molecule has 6 nitrogen and oxygen atoms in total. The zero-order valence-corrected chi connectivity index (χ0v) is 15.4. The molecule has 0 saturated carbocycles. The molecule has 1 aromatic carbocycles. The summed E-state index contributed by atoms with van der Waals surface area (Å²) < 4.78 is 28.1. The highest BCUT2D eigenvalue weighted by molar-refractivity contribution is 9.10. The molecule has 0 N–H and O–H groups in total. The molecule has 0 aromatic heterocycles. The molecule has 0 aliphatic carbocycles. The first-order valence-electron chi connectivity index (χ1n) is 6.90. The Bertz CT molecular complexity index is 737. The number of anilines is 1. The number of amides is 1. The minimum atomic E-state index is -3.68. The molecule has 1 fully saturated rings. The Balaban J connectivity index is 2.31. The average Bonchev–Trinajstić information content (AvgIpc) is 2.77. The van der Waals surface area contributed by atoms with Crippen LogP contribution in [-0.4, -0.2) is 39.2 Å². The number of esters is 1. The lowest BCUT2D eigenvalue weighted by molar-refractivity contribution is -0.117. The summed E-state index contributed by atoms with van der Waals surface area (Å²) in [6, 6.07) is 4.91. The number of ether oxygens (including phenoxy) is 1. The van der Waals surface area contributed by atoms with Crippen LogP contribution in [-0.2, 0) is 18.6 Å². The van der Waals surface area contributed by atoms with Crippen LogP contribution in [0, 0.1) is 5.92 Å². The molecule has 1 aromatic rings. The maximum absolute atomic E-state index is 12.2. The minimum absolute atomic E-state index is 0.0737. The predicted molar refractivity (Wildman–Crippen MR) is 90.2 cm³/mol. The van der Waals surface area contributed by atoms with Gasteiger partial charge >= 0.3 is 5.97 Å². The Morgan fingerprint density at radius 3 is 2.78 bits per heavy atom. The van der Waals surface area contributed by atoms with Crippen LogP contribution in [0.1, 0.15) is 23.7 Å². The van der Waals surface area contributed by atoms with Crippen molar-refractivity contribution in [3.8, 4) is 0 Å². The van der Waals surface area contributed by atoms with Crippen molar-refractivity contribution in [2.24, 2.45) is 5.92 Å². The average molecular weight is 425 g/mol. The summed E-state index contributed by atoms with van der Waals surface area (Å²) in [5.41, 5.74) is 0.662. The van der Waals surface area contributed by atoms with E-state index in [0.29, 0.717) is 10.2 Å². The lowest BCUT2D eigenvalue weighted by atomic mass is 10.1. The van der Waals surface area contributed by atoms with E-state index in [-0.39, 0.29) is 36.8 Å². The molecule has 1 saturated heterocycles. The van der Waals surface area contributed by atoms with Gasteiger partial charge in [0.15, 0.2) is 0 Å². The van der Waals surface area contributed by atoms with Crippen LogP contribution >= 0.6 is 26.6 Å². The van der Waals surface area contributed by atoms with Crippen molar-refractivity contribution < 1.29 is 22.7 Å². The standard InChI is InChI=1S/C14H15BrClNO5S/c1-2-22-14(19)11-6-10(15)3-4-12(11)17-7-9(5-13(17)18)8-23(16,20)21/h3-4,6,9H,2,5,7-8H2,1H3. The zero-order valence-electron chi connectivity index (χ0n) is 12.3. The molecule has 1 atom stereocenters. The second kappa shape index (κ2) is 7.19. The van der Waals surface area contributed by atoms with E-state index in [1.165, 1.54) is 4.90 Å². The van der Waals surface area contributed by atoms with Crippen molar-refractivity contribution in [2.45, 2.75) is 13.3 Å². The quantitative estimate of drug-likeness (QED) is 0.536. The van der Waals surface area contributed by atoms with Crippen LogP contribution in [0.15, 0.2) is 22.7 Å². The Hall–Kier alpha value is -1.12. The Kier molecular flexibility index (Phi) is 5.70. The normalized spacial score (nSPS) is 18.3. The van der Waals surface area contributed by atoms with Crippen LogP contribution in [0.2, 0.25) is 0 Å². The zero-order chi connectivity index (χ0) is 17.2. The number of halogens is 2. The Morgan fingerprint density at radius 2 is 2.17 bits per heavy atom. The summed E-state index contributed by atoms with van der Waals surface area (Å²) >= 11 is 3.28. The molecule has 2 rings (SSSR count). The summed E-state index contributed by atoms with van der Waals surface area (Å²) in [5.74, 6) is -1.46. The summed E-state index contributed by atoms with van der Waals surface area (Å²) in [6.45, 7) is 2.10. The number of nitrogens with zero attached hydrogens (tertiary/aromatic N) is 1. The summed E-state index contributed by atoms with van der Waals surface area (Å²) in [4.78, 5) is 25.7. The van der Waals surface area contributed by atoms with Gasteiger partial charge in [0, 0.05) is 34.0 Å². The van der Waals surface area contributed by atoms with Gasteiger partial charge in [-0.2, -0.15) is 0 Å². The van der Waals surface area contributed by atoms with Gasteiger partial charge in [-0.15, -0.1) is 0 Å². The second-order valence-corrected chi connectivity index (χ2v) is 8.90. The van der Waals surface area contributed by atoms with Crippen molar-refractivity contribution in [3.63, 3.8) is 0 Å². The third-order valence-electron chi connectivity index (χ3n) is 3.38. The van der Waals surface area contributed by atoms with E-state index >= 15 is 0 Å². The summed E-state index contributed by atoms with van der Waals surface area (Å²) in [7, 11) is 1.58. The van der Waals surface area contributed by atoms with Crippen molar-refractivity contribution in [1.82, 2.24) is 0 Å². The molecular weight excluding hydrogens is 410 g/mol. The van der Waals surface area contributed by atoms with Crippen molar-refractivity contribution in [3.05, 3.63) is 28.2 Å². The van der Waals surface area contributed by atoms with E-state index in [9.17, 15) is 18.0 Å². The molecule has 126 valence electrons. The van der Waals surface area contributed by atoms with Crippen molar-refractivity contribution in [1.29, 1.82) is 0 Å².